The van der Waals surface area contributed by atoms with Crippen molar-refractivity contribution in [2.24, 2.45) is 11.8 Å². The molecule has 2 atom stereocenters. The van der Waals surface area contributed by atoms with Crippen molar-refractivity contribution < 1.29 is 22.8 Å². The zero-order valence-electron chi connectivity index (χ0n) is 14.9. The minimum atomic E-state index is -4.66. The number of hydrogen-bond acceptors (Lipinski definition) is 4. The maximum Gasteiger partial charge on any atom is 0.431 e. The summed E-state index contributed by atoms with van der Waals surface area (Å²) in [4.78, 5) is 27.4. The quantitative estimate of drug-likeness (QED) is 0.583. The largest absolute Gasteiger partial charge is 0.431 e. The Morgan fingerprint density at radius 1 is 1.48 bits per heavy atom. The first kappa shape index (κ1) is 21.3. The van der Waals surface area contributed by atoms with E-state index in [4.69, 9.17) is 11.6 Å². The first-order valence-electron chi connectivity index (χ1n) is 7.89. The number of anilines is 1. The van der Waals surface area contributed by atoms with Gasteiger partial charge in [-0.2, -0.15) is 13.2 Å². The van der Waals surface area contributed by atoms with Crippen molar-refractivity contribution in [3.63, 3.8) is 0 Å². The fourth-order valence-corrected chi connectivity index (χ4v) is 4.00. The zero-order chi connectivity index (χ0) is 20.5. The number of alkyl halides is 3. The second kappa shape index (κ2) is 7.93. The number of halogens is 4. The van der Waals surface area contributed by atoms with Gasteiger partial charge in [0.05, 0.1) is 5.69 Å². The molecule has 1 N–H and O–H groups in total. The average molecular weight is 422 g/mol. The number of thiophene rings is 1. The van der Waals surface area contributed by atoms with Crippen molar-refractivity contribution >= 4 is 40.4 Å². The highest BCUT2D eigenvalue weighted by Gasteiger charge is 2.48. The van der Waals surface area contributed by atoms with Crippen LogP contribution in [0, 0.1) is 11.8 Å². The summed E-state index contributed by atoms with van der Waals surface area (Å²) in [6.45, 7) is 3.47. The van der Waals surface area contributed by atoms with Crippen molar-refractivity contribution in [1.82, 2.24) is 9.80 Å². The predicted molar refractivity (Wildman–Crippen MR) is 99.5 cm³/mol. The highest BCUT2D eigenvalue weighted by Crippen LogP contribution is 2.39. The molecule has 1 saturated heterocycles. The second-order valence-electron chi connectivity index (χ2n) is 6.30. The molecule has 1 aliphatic rings. The van der Waals surface area contributed by atoms with Crippen LogP contribution in [-0.4, -0.2) is 55.5 Å². The summed E-state index contributed by atoms with van der Waals surface area (Å²) in [5, 5.41) is 4.19. The fourth-order valence-electron chi connectivity index (χ4n) is 3.16. The minimum absolute atomic E-state index is 0.0247. The van der Waals surface area contributed by atoms with E-state index >= 15 is 0 Å². The molecule has 148 valence electrons. The van der Waals surface area contributed by atoms with Crippen LogP contribution in [0.2, 0.25) is 4.34 Å². The standard InChI is InChI=1S/C17H19ClF3N3O2S/c1-5-9(13(23(2)3)17(19,20)21)10-8-24(4)16(26)12(10)15(25)22-11-6-7-27-14(11)18/h5-7,10,12H,1,8H2,2-4H3,(H,22,25)/b13-9+/t10-,12+/m1/s1. The molecule has 10 heteroatoms. The van der Waals surface area contributed by atoms with Gasteiger partial charge in [0.1, 0.15) is 16.0 Å². The Bertz CT molecular complexity index is 789. The van der Waals surface area contributed by atoms with Crippen LogP contribution in [0.25, 0.3) is 0 Å². The molecule has 1 aliphatic heterocycles. The smallest absolute Gasteiger partial charge is 0.373 e. The van der Waals surface area contributed by atoms with Gasteiger partial charge in [-0.25, -0.2) is 0 Å². The van der Waals surface area contributed by atoms with E-state index in [1.165, 1.54) is 37.4 Å². The molecule has 2 heterocycles. The Balaban J connectivity index is 2.48. The van der Waals surface area contributed by atoms with E-state index in [1.54, 1.807) is 11.4 Å². The van der Waals surface area contributed by atoms with Crippen LogP contribution in [0.15, 0.2) is 35.4 Å². The van der Waals surface area contributed by atoms with E-state index < -0.39 is 35.5 Å². The highest BCUT2D eigenvalue weighted by atomic mass is 35.5. The lowest BCUT2D eigenvalue weighted by atomic mass is 9.85. The number of hydrogen-bond donors (Lipinski definition) is 1. The molecule has 0 spiro atoms. The summed E-state index contributed by atoms with van der Waals surface area (Å²) in [7, 11) is 3.96. The summed E-state index contributed by atoms with van der Waals surface area (Å²) in [5.74, 6) is -3.55. The minimum Gasteiger partial charge on any atom is -0.373 e. The van der Waals surface area contributed by atoms with Gasteiger partial charge in [0.15, 0.2) is 0 Å². The summed E-state index contributed by atoms with van der Waals surface area (Å²) in [6, 6.07) is 1.56. The molecule has 0 aliphatic carbocycles. The Labute approximate surface area is 164 Å². The lowest BCUT2D eigenvalue weighted by Crippen LogP contribution is -2.35. The van der Waals surface area contributed by atoms with Gasteiger partial charge >= 0.3 is 6.18 Å². The molecule has 0 radical (unpaired) electrons. The van der Waals surface area contributed by atoms with Gasteiger partial charge in [-0.15, -0.1) is 11.3 Å². The molecular formula is C17H19ClF3N3O2S. The molecule has 0 unspecified atom stereocenters. The maximum absolute atomic E-state index is 13.6. The number of carbonyl (C=O) groups is 2. The number of amides is 2. The van der Waals surface area contributed by atoms with Gasteiger partial charge in [-0.05, 0) is 17.0 Å². The molecule has 1 fully saturated rings. The van der Waals surface area contributed by atoms with Crippen LogP contribution >= 0.6 is 22.9 Å². The Morgan fingerprint density at radius 2 is 2.11 bits per heavy atom. The zero-order valence-corrected chi connectivity index (χ0v) is 16.5. The number of likely N-dealkylation sites (tertiary alicyclic amines) is 1. The van der Waals surface area contributed by atoms with Crippen LogP contribution in [0.3, 0.4) is 0 Å². The third-order valence-electron chi connectivity index (χ3n) is 4.28. The second-order valence-corrected chi connectivity index (χ2v) is 7.82. The van der Waals surface area contributed by atoms with Crippen molar-refractivity contribution in [1.29, 1.82) is 0 Å². The summed E-state index contributed by atoms with van der Waals surface area (Å²) < 4.78 is 41.1. The predicted octanol–water partition coefficient (Wildman–Crippen LogP) is 3.61. The molecule has 0 saturated carbocycles. The third-order valence-corrected chi connectivity index (χ3v) is 5.45. The molecule has 1 aromatic heterocycles. The van der Waals surface area contributed by atoms with Crippen LogP contribution in [0.1, 0.15) is 0 Å². The first-order valence-corrected chi connectivity index (χ1v) is 9.14. The first-order chi connectivity index (χ1) is 12.5. The fraction of sp³-hybridized carbons (Fsp3) is 0.412. The summed E-state index contributed by atoms with van der Waals surface area (Å²) in [6.07, 6.45) is -3.59. The number of rotatable bonds is 5. The lowest BCUT2D eigenvalue weighted by Gasteiger charge is -2.27. The van der Waals surface area contributed by atoms with E-state index in [1.807, 2.05) is 0 Å². The van der Waals surface area contributed by atoms with Crippen LogP contribution < -0.4 is 5.32 Å². The van der Waals surface area contributed by atoms with Gasteiger partial charge < -0.3 is 15.1 Å². The SMILES string of the molecule is C=C/C(=C(\N(C)C)C(F)(F)F)[C@H]1CN(C)C(=O)[C@@H]1C(=O)Nc1ccsc1Cl. The van der Waals surface area contributed by atoms with E-state index in [-0.39, 0.29) is 12.1 Å². The van der Waals surface area contributed by atoms with Gasteiger partial charge in [0.25, 0.3) is 0 Å². The molecule has 27 heavy (non-hydrogen) atoms. The lowest BCUT2D eigenvalue weighted by molar-refractivity contribution is -0.135. The highest BCUT2D eigenvalue weighted by molar-refractivity contribution is 7.15. The van der Waals surface area contributed by atoms with E-state index in [0.717, 1.165) is 11.0 Å². The van der Waals surface area contributed by atoms with Crippen molar-refractivity contribution in [3.05, 3.63) is 39.7 Å². The number of nitrogens with one attached hydrogen (secondary N) is 1. The normalized spacial score (nSPS) is 21.1. The van der Waals surface area contributed by atoms with Gasteiger partial charge in [0, 0.05) is 33.6 Å². The van der Waals surface area contributed by atoms with E-state index in [0.29, 0.717) is 10.0 Å². The Morgan fingerprint density at radius 3 is 2.56 bits per heavy atom. The van der Waals surface area contributed by atoms with Crippen LogP contribution in [0.5, 0.6) is 0 Å². The van der Waals surface area contributed by atoms with Crippen molar-refractivity contribution in [3.8, 4) is 0 Å². The molecule has 2 amide bonds. The van der Waals surface area contributed by atoms with E-state index in [2.05, 4.69) is 11.9 Å². The van der Waals surface area contributed by atoms with Crippen LogP contribution in [0.4, 0.5) is 18.9 Å². The summed E-state index contributed by atoms with van der Waals surface area (Å²) in [5.41, 5.74) is -0.806. The van der Waals surface area contributed by atoms with Gasteiger partial charge in [0.2, 0.25) is 11.8 Å². The van der Waals surface area contributed by atoms with Crippen LogP contribution in [-0.2, 0) is 9.59 Å². The van der Waals surface area contributed by atoms with Gasteiger partial charge in [-0.1, -0.05) is 24.3 Å². The topological polar surface area (TPSA) is 52.7 Å². The third kappa shape index (κ3) is 4.30. The molecule has 0 aromatic carbocycles. The number of nitrogens with zero attached hydrogens (tertiary/aromatic N) is 2. The summed E-state index contributed by atoms with van der Waals surface area (Å²) >= 11 is 7.15. The number of carbonyl (C=O) groups excluding carboxylic acids is 2. The molecule has 2 rings (SSSR count). The monoisotopic (exact) mass is 421 g/mol. The molecule has 0 bridgehead atoms. The van der Waals surface area contributed by atoms with Crippen molar-refractivity contribution in [2.45, 2.75) is 6.18 Å². The van der Waals surface area contributed by atoms with Crippen molar-refractivity contribution in [2.75, 3.05) is 33.0 Å². The van der Waals surface area contributed by atoms with Gasteiger partial charge in [-0.3, -0.25) is 9.59 Å². The molecule has 1 aromatic rings. The Hall–Kier alpha value is -2.00. The molecule has 5 nitrogen and oxygen atoms in total. The maximum atomic E-state index is 13.6. The number of allylic oxidation sites excluding steroid dienone is 2. The van der Waals surface area contributed by atoms with E-state index in [9.17, 15) is 22.8 Å². The average Bonchev–Trinajstić information content (AvgIpc) is 3.07. The Kier molecular flexibility index (Phi) is 6.26. The molecular weight excluding hydrogens is 403 g/mol.